The van der Waals surface area contributed by atoms with E-state index in [4.69, 9.17) is 15.1 Å². The fourth-order valence-electron chi connectivity index (χ4n) is 3.83. The first-order valence-electron chi connectivity index (χ1n) is 9.23. The lowest BCUT2D eigenvalue weighted by molar-refractivity contribution is -0.142. The molecule has 0 bridgehead atoms. The highest BCUT2D eigenvalue weighted by Gasteiger charge is 2.39. The van der Waals surface area contributed by atoms with Gasteiger partial charge in [-0.1, -0.05) is 6.07 Å². The van der Waals surface area contributed by atoms with E-state index in [1.165, 1.54) is 0 Å². The Morgan fingerprint density at radius 1 is 1.41 bits per heavy atom. The Morgan fingerprint density at radius 2 is 2.19 bits per heavy atom. The van der Waals surface area contributed by atoms with Crippen molar-refractivity contribution in [3.8, 4) is 11.5 Å². The van der Waals surface area contributed by atoms with Gasteiger partial charge in [0.25, 0.3) is 0 Å². The van der Waals surface area contributed by atoms with Crippen LogP contribution >= 0.6 is 0 Å². The number of nitrogens with zero attached hydrogens (tertiary/aromatic N) is 1. The molecule has 0 unspecified atom stereocenters. The molecule has 1 aromatic rings. The summed E-state index contributed by atoms with van der Waals surface area (Å²) < 4.78 is 11.3. The number of fused-ring (bicyclic) bond motifs is 1. The molecule has 6 N–H and O–H groups in total. The van der Waals surface area contributed by atoms with Gasteiger partial charge in [0, 0.05) is 12.6 Å². The van der Waals surface area contributed by atoms with Crippen LogP contribution < -0.4 is 20.4 Å². The molecule has 0 aromatic heterocycles. The van der Waals surface area contributed by atoms with Gasteiger partial charge in [-0.2, -0.15) is 0 Å². The van der Waals surface area contributed by atoms with Gasteiger partial charge in [0.2, 0.25) is 5.91 Å². The third-order valence-electron chi connectivity index (χ3n) is 5.33. The van der Waals surface area contributed by atoms with Crippen LogP contribution in [0.25, 0.3) is 0 Å². The van der Waals surface area contributed by atoms with E-state index in [0.29, 0.717) is 38.8 Å². The zero-order valence-corrected chi connectivity index (χ0v) is 14.9. The summed E-state index contributed by atoms with van der Waals surface area (Å²) in [6, 6.07) is 3.24. The molecule has 146 valence electrons. The van der Waals surface area contributed by atoms with Gasteiger partial charge in [0.15, 0.2) is 6.29 Å². The summed E-state index contributed by atoms with van der Waals surface area (Å²) in [4.78, 5) is 14.1. The molecule has 2 saturated heterocycles. The van der Waals surface area contributed by atoms with Crippen molar-refractivity contribution in [3.63, 3.8) is 0 Å². The minimum absolute atomic E-state index is 0.00622. The van der Waals surface area contributed by atoms with Crippen LogP contribution in [0.15, 0.2) is 12.1 Å². The molecule has 10 heteroatoms. The number of amides is 1. The minimum atomic E-state index is -1.79. The van der Waals surface area contributed by atoms with Crippen LogP contribution in [-0.2, 0) is 11.2 Å². The van der Waals surface area contributed by atoms with E-state index in [0.717, 1.165) is 5.56 Å². The van der Waals surface area contributed by atoms with E-state index in [9.17, 15) is 20.0 Å². The Hall–Kier alpha value is -1.85. The summed E-state index contributed by atoms with van der Waals surface area (Å²) in [6.07, 6.45) is -0.368. The first-order valence-corrected chi connectivity index (χ1v) is 9.23. The van der Waals surface area contributed by atoms with E-state index in [2.05, 4.69) is 5.32 Å². The average Bonchev–Trinajstić information content (AvgIpc) is 3.02. The van der Waals surface area contributed by atoms with Crippen molar-refractivity contribution in [1.82, 2.24) is 10.2 Å². The highest BCUT2D eigenvalue weighted by molar-refractivity contribution is 6.44. The molecular weight excluding hydrogens is 353 g/mol. The highest BCUT2D eigenvalue weighted by atomic mass is 16.5. The lowest BCUT2D eigenvalue weighted by Gasteiger charge is -2.40. The summed E-state index contributed by atoms with van der Waals surface area (Å²) in [5, 5.41) is 32.4. The van der Waals surface area contributed by atoms with Crippen molar-refractivity contribution >= 4 is 13.0 Å². The Morgan fingerprint density at radius 3 is 2.85 bits per heavy atom. The molecule has 27 heavy (non-hydrogen) atoms. The molecule has 0 aliphatic carbocycles. The molecule has 3 heterocycles. The number of rotatable bonds is 4. The number of ether oxygens (including phenoxy) is 1. The molecule has 2 atom stereocenters. The van der Waals surface area contributed by atoms with Crippen LogP contribution in [0.5, 0.6) is 11.5 Å². The largest absolute Gasteiger partial charge is 0.535 e. The van der Waals surface area contributed by atoms with Crippen molar-refractivity contribution in [1.29, 1.82) is 0 Å². The van der Waals surface area contributed by atoms with Crippen molar-refractivity contribution in [3.05, 3.63) is 23.3 Å². The lowest BCUT2D eigenvalue weighted by Crippen LogP contribution is -2.59. The number of aryl methyl sites for hydroxylation is 1. The summed E-state index contributed by atoms with van der Waals surface area (Å²) >= 11 is 0. The zero-order chi connectivity index (χ0) is 19.1. The second kappa shape index (κ2) is 7.29. The van der Waals surface area contributed by atoms with Gasteiger partial charge < -0.3 is 40.6 Å². The van der Waals surface area contributed by atoms with Crippen molar-refractivity contribution < 1.29 is 29.4 Å². The van der Waals surface area contributed by atoms with E-state index >= 15 is 0 Å². The Bertz CT molecular complexity index is 727. The zero-order valence-electron chi connectivity index (χ0n) is 14.9. The fraction of sp³-hybridized carbons (Fsp3) is 0.588. The van der Waals surface area contributed by atoms with Gasteiger partial charge >= 0.3 is 7.12 Å². The number of aliphatic hydroxyl groups excluding tert-OH is 1. The number of aliphatic hydroxyl groups is 2. The third-order valence-corrected chi connectivity index (χ3v) is 5.33. The fourth-order valence-corrected chi connectivity index (χ4v) is 3.83. The Kier molecular flexibility index (Phi) is 5.00. The van der Waals surface area contributed by atoms with Crippen LogP contribution in [0.4, 0.5) is 0 Å². The first kappa shape index (κ1) is 18.5. The summed E-state index contributed by atoms with van der Waals surface area (Å²) in [5.74, 6) is 0.565. The van der Waals surface area contributed by atoms with Crippen LogP contribution in [-0.4, -0.2) is 71.0 Å². The average molecular weight is 377 g/mol. The molecule has 0 radical (unpaired) electrons. The molecule has 0 spiro atoms. The quantitative estimate of drug-likeness (QED) is 0.311. The Balaban J connectivity index is 1.42. The standard InChI is InChI=1S/C17H24BN3O6/c19-10-5-12(20-6-10)16(22)21-7-11(8-21)26-13-2-1-9-3-4-18(25)27-15(9)14(13)17(23)24/h1-2,10-12,17,20,23-25H,3-8,19H2/t10-,12-/m0/s1. The Labute approximate surface area is 157 Å². The maximum atomic E-state index is 12.4. The molecule has 1 amide bonds. The number of likely N-dealkylation sites (tertiary alicyclic amines) is 1. The molecular formula is C17H24BN3O6. The monoisotopic (exact) mass is 377 g/mol. The molecule has 3 aliphatic heterocycles. The van der Waals surface area contributed by atoms with Gasteiger partial charge in [0.05, 0.1) is 24.7 Å². The highest BCUT2D eigenvalue weighted by Crippen LogP contribution is 2.40. The normalized spacial score (nSPS) is 25.2. The van der Waals surface area contributed by atoms with E-state index < -0.39 is 13.4 Å². The number of carbonyl (C=O) groups excluding carboxylic acids is 1. The maximum Gasteiger partial charge on any atom is 0.522 e. The van der Waals surface area contributed by atoms with Gasteiger partial charge in [-0.15, -0.1) is 0 Å². The molecule has 2 fully saturated rings. The molecule has 9 nitrogen and oxygen atoms in total. The number of benzene rings is 1. The topological polar surface area (TPSA) is 138 Å². The van der Waals surface area contributed by atoms with E-state index in [1.54, 1.807) is 17.0 Å². The van der Waals surface area contributed by atoms with Gasteiger partial charge in [-0.25, -0.2) is 0 Å². The van der Waals surface area contributed by atoms with Crippen LogP contribution in [0.2, 0.25) is 6.32 Å². The molecule has 1 aromatic carbocycles. The van der Waals surface area contributed by atoms with Crippen molar-refractivity contribution in [2.24, 2.45) is 5.73 Å². The molecule has 4 rings (SSSR count). The molecule has 0 saturated carbocycles. The van der Waals surface area contributed by atoms with Crippen molar-refractivity contribution in [2.45, 2.75) is 43.6 Å². The number of carbonyl (C=O) groups is 1. The number of nitrogens with one attached hydrogen (secondary N) is 1. The third kappa shape index (κ3) is 3.63. The summed E-state index contributed by atoms with van der Waals surface area (Å²) in [5.41, 5.74) is 6.73. The minimum Gasteiger partial charge on any atom is -0.535 e. The summed E-state index contributed by atoms with van der Waals surface area (Å²) in [6.45, 7) is 1.49. The van der Waals surface area contributed by atoms with Crippen LogP contribution in [0.1, 0.15) is 23.8 Å². The second-order valence-corrected chi connectivity index (χ2v) is 7.39. The van der Waals surface area contributed by atoms with Gasteiger partial charge in [0.1, 0.15) is 17.6 Å². The van der Waals surface area contributed by atoms with E-state index in [1.807, 2.05) is 0 Å². The van der Waals surface area contributed by atoms with Gasteiger partial charge in [-0.05, 0) is 30.8 Å². The van der Waals surface area contributed by atoms with Crippen LogP contribution in [0.3, 0.4) is 0 Å². The predicted molar refractivity (Wildman–Crippen MR) is 96.1 cm³/mol. The number of nitrogens with two attached hydrogens (primary N) is 1. The lowest BCUT2D eigenvalue weighted by atomic mass is 9.78. The van der Waals surface area contributed by atoms with Gasteiger partial charge in [-0.3, -0.25) is 4.79 Å². The SMILES string of the molecule is N[C@@H]1CN[C@H](C(=O)N2CC(Oc3ccc4c(c3C(O)O)OB(O)CC4)C2)C1. The summed E-state index contributed by atoms with van der Waals surface area (Å²) in [7, 11) is -0.979. The first-order chi connectivity index (χ1) is 12.9. The smallest absolute Gasteiger partial charge is 0.522 e. The second-order valence-electron chi connectivity index (χ2n) is 7.39. The van der Waals surface area contributed by atoms with Crippen LogP contribution in [0, 0.1) is 0 Å². The maximum absolute atomic E-state index is 12.4. The van der Waals surface area contributed by atoms with Crippen molar-refractivity contribution in [2.75, 3.05) is 19.6 Å². The molecule has 3 aliphatic rings. The number of hydrogen-bond acceptors (Lipinski definition) is 8. The predicted octanol–water partition coefficient (Wildman–Crippen LogP) is -1.64. The number of hydrogen-bond donors (Lipinski definition) is 5. The van der Waals surface area contributed by atoms with E-state index in [-0.39, 0.29) is 41.2 Å².